The van der Waals surface area contributed by atoms with E-state index in [2.05, 4.69) is 29.2 Å². The van der Waals surface area contributed by atoms with E-state index in [1.807, 2.05) is 36.4 Å². The van der Waals surface area contributed by atoms with Crippen LogP contribution in [0.25, 0.3) is 0 Å². The molecule has 21 heavy (non-hydrogen) atoms. The molecular weight excluding hydrogens is 262 g/mol. The summed E-state index contributed by atoms with van der Waals surface area (Å²) in [6, 6.07) is 20.6. The van der Waals surface area contributed by atoms with Gasteiger partial charge in [0.2, 0.25) is 0 Å². The largest absolute Gasteiger partial charge is 0.394 e. The summed E-state index contributed by atoms with van der Waals surface area (Å²) in [6.45, 7) is 2.26. The number of benzene rings is 2. The Morgan fingerprint density at radius 2 is 1.29 bits per heavy atom. The molecule has 2 aromatic carbocycles. The number of aliphatic hydroxyl groups excluding tert-OH is 2. The average molecular weight is 285 g/mol. The van der Waals surface area contributed by atoms with E-state index in [4.69, 9.17) is 5.11 Å². The molecule has 3 nitrogen and oxygen atoms in total. The highest BCUT2D eigenvalue weighted by atomic mass is 16.3. The lowest BCUT2D eigenvalue weighted by molar-refractivity contribution is 0.0751. The Morgan fingerprint density at radius 1 is 0.810 bits per heavy atom. The Morgan fingerprint density at radius 3 is 1.71 bits per heavy atom. The number of aliphatic hydroxyl groups is 2. The highest BCUT2D eigenvalue weighted by Gasteiger charge is 2.10. The molecule has 3 heteroatoms. The minimum Gasteiger partial charge on any atom is -0.394 e. The van der Waals surface area contributed by atoms with Crippen molar-refractivity contribution in [3.63, 3.8) is 0 Å². The molecule has 1 atom stereocenters. The van der Waals surface area contributed by atoms with Crippen molar-refractivity contribution < 1.29 is 10.2 Å². The topological polar surface area (TPSA) is 43.7 Å². The van der Waals surface area contributed by atoms with Crippen LogP contribution in [-0.2, 0) is 13.1 Å². The van der Waals surface area contributed by atoms with Crippen molar-refractivity contribution in [1.82, 2.24) is 4.90 Å². The maximum Gasteiger partial charge on any atom is 0.0783 e. The van der Waals surface area contributed by atoms with E-state index in [1.165, 1.54) is 11.1 Å². The summed E-state index contributed by atoms with van der Waals surface area (Å²) in [4.78, 5) is 2.30. The van der Waals surface area contributed by atoms with E-state index >= 15 is 0 Å². The van der Waals surface area contributed by atoms with Gasteiger partial charge in [-0.2, -0.15) is 0 Å². The van der Waals surface area contributed by atoms with Gasteiger partial charge in [0.05, 0.1) is 12.7 Å². The zero-order chi connectivity index (χ0) is 14.9. The van der Waals surface area contributed by atoms with E-state index in [0.717, 1.165) is 19.6 Å². The first-order chi connectivity index (χ1) is 10.3. The predicted molar refractivity (Wildman–Crippen MR) is 84.7 cm³/mol. The monoisotopic (exact) mass is 285 g/mol. The number of hydrogen-bond acceptors (Lipinski definition) is 3. The molecule has 0 saturated carbocycles. The summed E-state index contributed by atoms with van der Waals surface area (Å²) in [6.07, 6.45) is -0.0602. The van der Waals surface area contributed by atoms with Gasteiger partial charge in [-0.05, 0) is 17.5 Å². The zero-order valence-corrected chi connectivity index (χ0v) is 12.2. The van der Waals surface area contributed by atoms with E-state index in [1.54, 1.807) is 0 Å². The van der Waals surface area contributed by atoms with Crippen LogP contribution in [-0.4, -0.2) is 34.4 Å². The van der Waals surface area contributed by atoms with Crippen LogP contribution in [0.2, 0.25) is 0 Å². The van der Waals surface area contributed by atoms with Crippen molar-refractivity contribution in [3.05, 3.63) is 71.8 Å². The molecule has 0 radical (unpaired) electrons. The van der Waals surface area contributed by atoms with Crippen LogP contribution < -0.4 is 0 Å². The Labute approximate surface area is 126 Å². The second-order valence-electron chi connectivity index (χ2n) is 5.31. The summed E-state index contributed by atoms with van der Waals surface area (Å²) in [5.41, 5.74) is 2.51. The zero-order valence-electron chi connectivity index (χ0n) is 12.2. The third-order valence-corrected chi connectivity index (χ3v) is 3.49. The standard InChI is InChI=1S/C18H23NO2/c20-15-18(21)11-12-19(13-16-7-3-1-4-8-16)14-17-9-5-2-6-10-17/h1-10,18,20-21H,11-15H2. The molecule has 0 amide bonds. The van der Waals surface area contributed by atoms with Gasteiger partial charge in [-0.3, -0.25) is 4.90 Å². The average Bonchev–Trinajstić information content (AvgIpc) is 2.54. The van der Waals surface area contributed by atoms with Crippen molar-refractivity contribution in [2.24, 2.45) is 0 Å². The van der Waals surface area contributed by atoms with Gasteiger partial charge in [0.15, 0.2) is 0 Å². The summed E-state index contributed by atoms with van der Waals surface area (Å²) in [5.74, 6) is 0. The van der Waals surface area contributed by atoms with Crippen LogP contribution in [0.1, 0.15) is 17.5 Å². The van der Waals surface area contributed by atoms with Gasteiger partial charge in [0.1, 0.15) is 0 Å². The Hall–Kier alpha value is -1.68. The lowest BCUT2D eigenvalue weighted by Gasteiger charge is -2.23. The van der Waals surface area contributed by atoms with Crippen molar-refractivity contribution in [1.29, 1.82) is 0 Å². The summed E-state index contributed by atoms with van der Waals surface area (Å²) in [5, 5.41) is 18.5. The predicted octanol–water partition coefficient (Wildman–Crippen LogP) is 2.43. The number of rotatable bonds is 8. The Balaban J connectivity index is 1.99. The van der Waals surface area contributed by atoms with Gasteiger partial charge in [0, 0.05) is 19.6 Å². The first-order valence-electron chi connectivity index (χ1n) is 7.37. The minimum atomic E-state index is -0.640. The lowest BCUT2D eigenvalue weighted by atomic mass is 10.1. The maximum absolute atomic E-state index is 9.56. The van der Waals surface area contributed by atoms with Gasteiger partial charge >= 0.3 is 0 Å². The molecule has 112 valence electrons. The fourth-order valence-electron chi connectivity index (χ4n) is 2.32. The molecule has 0 heterocycles. The third kappa shape index (κ3) is 5.68. The van der Waals surface area contributed by atoms with Crippen LogP contribution >= 0.6 is 0 Å². The molecule has 0 aliphatic carbocycles. The highest BCUT2D eigenvalue weighted by molar-refractivity contribution is 5.17. The van der Waals surface area contributed by atoms with E-state index < -0.39 is 6.10 Å². The molecule has 0 aliphatic heterocycles. The van der Waals surface area contributed by atoms with Crippen LogP contribution in [0, 0.1) is 0 Å². The fraction of sp³-hybridized carbons (Fsp3) is 0.333. The SMILES string of the molecule is OCC(O)CCN(Cc1ccccc1)Cc1ccccc1. The minimum absolute atomic E-state index is 0.176. The lowest BCUT2D eigenvalue weighted by Crippen LogP contribution is -2.27. The quantitative estimate of drug-likeness (QED) is 0.783. The van der Waals surface area contributed by atoms with Crippen LogP contribution in [0.15, 0.2) is 60.7 Å². The first-order valence-corrected chi connectivity index (χ1v) is 7.37. The van der Waals surface area contributed by atoms with Crippen molar-refractivity contribution in [2.75, 3.05) is 13.2 Å². The summed E-state index contributed by atoms with van der Waals surface area (Å²) >= 11 is 0. The van der Waals surface area contributed by atoms with Gasteiger partial charge in [-0.25, -0.2) is 0 Å². The second kappa shape index (κ2) is 8.57. The molecule has 2 N–H and O–H groups in total. The maximum atomic E-state index is 9.56. The molecule has 0 bridgehead atoms. The second-order valence-corrected chi connectivity index (χ2v) is 5.31. The summed E-state index contributed by atoms with van der Waals surface area (Å²) in [7, 11) is 0. The van der Waals surface area contributed by atoms with Crippen LogP contribution in [0.3, 0.4) is 0 Å². The highest BCUT2D eigenvalue weighted by Crippen LogP contribution is 2.11. The van der Waals surface area contributed by atoms with Gasteiger partial charge in [-0.15, -0.1) is 0 Å². The molecule has 0 saturated heterocycles. The van der Waals surface area contributed by atoms with E-state index in [-0.39, 0.29) is 6.61 Å². The molecule has 0 spiro atoms. The normalized spacial score (nSPS) is 12.5. The molecule has 1 unspecified atom stereocenters. The fourth-order valence-corrected chi connectivity index (χ4v) is 2.32. The van der Waals surface area contributed by atoms with Crippen molar-refractivity contribution >= 4 is 0 Å². The van der Waals surface area contributed by atoms with Crippen molar-refractivity contribution in [2.45, 2.75) is 25.6 Å². The van der Waals surface area contributed by atoms with E-state index in [0.29, 0.717) is 6.42 Å². The number of hydrogen-bond donors (Lipinski definition) is 2. The molecule has 0 aromatic heterocycles. The van der Waals surface area contributed by atoms with Crippen LogP contribution in [0.4, 0.5) is 0 Å². The van der Waals surface area contributed by atoms with Gasteiger partial charge < -0.3 is 10.2 Å². The summed E-state index contributed by atoms with van der Waals surface area (Å²) < 4.78 is 0. The molecule has 0 fully saturated rings. The molecule has 2 rings (SSSR count). The smallest absolute Gasteiger partial charge is 0.0783 e. The Bertz CT molecular complexity index is 460. The van der Waals surface area contributed by atoms with Crippen LogP contribution in [0.5, 0.6) is 0 Å². The van der Waals surface area contributed by atoms with Gasteiger partial charge in [0.25, 0.3) is 0 Å². The third-order valence-electron chi connectivity index (χ3n) is 3.49. The molecule has 2 aromatic rings. The number of nitrogens with zero attached hydrogens (tertiary/aromatic N) is 1. The molecule has 0 aliphatic rings. The first kappa shape index (κ1) is 15.7. The Kier molecular flexibility index (Phi) is 6.41. The molecular formula is C18H23NO2. The van der Waals surface area contributed by atoms with E-state index in [9.17, 15) is 5.11 Å². The van der Waals surface area contributed by atoms with Crippen molar-refractivity contribution in [3.8, 4) is 0 Å². The van der Waals surface area contributed by atoms with Gasteiger partial charge in [-0.1, -0.05) is 60.7 Å².